The molecule has 2 amide bonds. The number of carbonyl (C=O) groups excluding carboxylic acids is 3. The Hall–Kier alpha value is -3.25. The Bertz CT molecular complexity index is 1520. The molecule has 0 saturated carbocycles. The molecule has 0 radical (unpaired) electrons. The highest BCUT2D eigenvalue weighted by atomic mass is 35.5. The number of Topliss-reactive ketones (excluding diaryl/α,β-unsaturated/α-hetero) is 1. The molecule has 0 aliphatic carbocycles. The van der Waals surface area contributed by atoms with Gasteiger partial charge in [0.2, 0.25) is 11.7 Å². The van der Waals surface area contributed by atoms with Crippen molar-refractivity contribution in [1.82, 2.24) is 10.6 Å². The van der Waals surface area contributed by atoms with Gasteiger partial charge in [-0.1, -0.05) is 97.2 Å². The highest BCUT2D eigenvalue weighted by molar-refractivity contribution is 6.42. The van der Waals surface area contributed by atoms with Crippen molar-refractivity contribution in [2.45, 2.75) is 56.3 Å². The molecule has 0 heterocycles. The number of nitrogens with two attached hydrogens (primary N) is 1. The van der Waals surface area contributed by atoms with Gasteiger partial charge in [0.25, 0.3) is 5.91 Å². The highest BCUT2D eigenvalue weighted by Gasteiger charge is 2.52. The number of amides is 2. The van der Waals surface area contributed by atoms with Crippen molar-refractivity contribution in [2.24, 2.45) is 11.7 Å². The summed E-state index contributed by atoms with van der Waals surface area (Å²) >= 11 is 18.5. The molecule has 0 aliphatic rings. The zero-order chi connectivity index (χ0) is 34.4. The topological polar surface area (TPSA) is 101 Å². The minimum atomic E-state index is -4.99. The number of ketones is 1. The van der Waals surface area contributed by atoms with Gasteiger partial charge in [-0.25, -0.2) is 0 Å². The first-order valence-electron chi connectivity index (χ1n) is 14.0. The Labute approximate surface area is 277 Å². The Morgan fingerprint density at radius 3 is 1.93 bits per heavy atom. The van der Waals surface area contributed by atoms with E-state index in [4.69, 9.17) is 40.5 Å². The third-order valence-electron chi connectivity index (χ3n) is 7.29. The summed E-state index contributed by atoms with van der Waals surface area (Å²) in [4.78, 5) is 38.7. The lowest BCUT2D eigenvalue weighted by Gasteiger charge is -2.31. The van der Waals surface area contributed by atoms with E-state index < -0.39 is 66.1 Å². The molecule has 2 unspecified atom stereocenters. The van der Waals surface area contributed by atoms with Crippen LogP contribution >= 0.6 is 34.8 Å². The Morgan fingerprint density at radius 2 is 1.39 bits per heavy atom. The van der Waals surface area contributed by atoms with Gasteiger partial charge in [0, 0.05) is 17.0 Å². The quantitative estimate of drug-likeness (QED) is 0.128. The van der Waals surface area contributed by atoms with Crippen LogP contribution in [0.25, 0.3) is 0 Å². The summed E-state index contributed by atoms with van der Waals surface area (Å²) in [6.07, 6.45) is -4.86. The molecule has 0 aromatic heterocycles. The van der Waals surface area contributed by atoms with Crippen molar-refractivity contribution in [3.8, 4) is 0 Å². The Balaban J connectivity index is 1.98. The van der Waals surface area contributed by atoms with Crippen LogP contribution in [0.3, 0.4) is 0 Å². The van der Waals surface area contributed by atoms with E-state index in [0.717, 1.165) is 16.4 Å². The standard InChI is InChI=1S/C32H31Cl3F5N3O3/c1-17(2)27(28(44)32(39,40)30(46)42-16-31(36,37)38)43-29(45)26(19-8-11-21(33)12-9-19)25(41)15-22(18-6-4-3-5-7-18)20-10-13-23(34)24(35)14-20/h3-14,17,22,25-27H,15-16,41H2,1-2H3,(H,42,46)(H,43,45)/t22?,25?,26-,27-/m0/s1. The van der Waals surface area contributed by atoms with Crippen LogP contribution in [0.4, 0.5) is 22.0 Å². The van der Waals surface area contributed by atoms with Crippen molar-refractivity contribution >= 4 is 52.4 Å². The van der Waals surface area contributed by atoms with E-state index in [9.17, 15) is 36.3 Å². The second kappa shape index (κ2) is 15.6. The van der Waals surface area contributed by atoms with Crippen LogP contribution in [0, 0.1) is 5.92 Å². The van der Waals surface area contributed by atoms with Crippen LogP contribution in [0.5, 0.6) is 0 Å². The molecular weight excluding hydrogens is 676 g/mol. The van der Waals surface area contributed by atoms with E-state index in [0.29, 0.717) is 20.6 Å². The summed E-state index contributed by atoms with van der Waals surface area (Å²) in [5, 5.41) is 4.28. The Kier molecular flexibility index (Phi) is 12.6. The Morgan fingerprint density at radius 1 is 0.804 bits per heavy atom. The molecule has 0 saturated heterocycles. The fraction of sp³-hybridized carbons (Fsp3) is 0.344. The zero-order valence-corrected chi connectivity index (χ0v) is 26.8. The van der Waals surface area contributed by atoms with Gasteiger partial charge in [0.15, 0.2) is 0 Å². The fourth-order valence-corrected chi connectivity index (χ4v) is 5.36. The van der Waals surface area contributed by atoms with Gasteiger partial charge in [-0.3, -0.25) is 14.4 Å². The largest absolute Gasteiger partial charge is 0.405 e. The molecule has 4 N–H and O–H groups in total. The number of benzene rings is 3. The summed E-state index contributed by atoms with van der Waals surface area (Å²) < 4.78 is 67.3. The number of hydrogen-bond acceptors (Lipinski definition) is 4. The first kappa shape index (κ1) is 37.2. The molecule has 0 aliphatic heterocycles. The third kappa shape index (κ3) is 9.63. The molecule has 14 heteroatoms. The molecule has 0 spiro atoms. The van der Waals surface area contributed by atoms with E-state index >= 15 is 0 Å². The third-order valence-corrected chi connectivity index (χ3v) is 8.28. The highest BCUT2D eigenvalue weighted by Crippen LogP contribution is 2.36. The number of carbonyl (C=O) groups is 3. The van der Waals surface area contributed by atoms with Gasteiger partial charge >= 0.3 is 12.1 Å². The fourth-order valence-electron chi connectivity index (χ4n) is 4.93. The minimum Gasteiger partial charge on any atom is -0.345 e. The lowest BCUT2D eigenvalue weighted by Crippen LogP contribution is -2.58. The minimum absolute atomic E-state index is 0.124. The molecule has 6 nitrogen and oxygen atoms in total. The maximum Gasteiger partial charge on any atom is 0.405 e. The monoisotopic (exact) mass is 705 g/mol. The van der Waals surface area contributed by atoms with Crippen molar-refractivity contribution in [2.75, 3.05) is 6.54 Å². The zero-order valence-electron chi connectivity index (χ0n) is 24.6. The van der Waals surface area contributed by atoms with Crippen molar-refractivity contribution < 1.29 is 36.3 Å². The first-order chi connectivity index (χ1) is 21.4. The molecule has 3 rings (SSSR count). The summed E-state index contributed by atoms with van der Waals surface area (Å²) in [6, 6.07) is 17.3. The van der Waals surface area contributed by atoms with Crippen LogP contribution in [0.1, 0.15) is 48.8 Å². The average molecular weight is 707 g/mol. The molecule has 3 aromatic carbocycles. The summed E-state index contributed by atoms with van der Waals surface area (Å²) in [7, 11) is 0. The second-order valence-corrected chi connectivity index (χ2v) is 12.3. The van der Waals surface area contributed by atoms with E-state index in [1.807, 2.05) is 30.3 Å². The lowest BCUT2D eigenvalue weighted by molar-refractivity contribution is -0.165. The number of alkyl halides is 5. The maximum atomic E-state index is 14.8. The van der Waals surface area contributed by atoms with Gasteiger partial charge in [-0.05, 0) is 53.3 Å². The molecular formula is C32H31Cl3F5N3O3. The lowest BCUT2D eigenvalue weighted by atomic mass is 9.80. The van der Waals surface area contributed by atoms with E-state index in [2.05, 4.69) is 5.32 Å². The van der Waals surface area contributed by atoms with E-state index in [-0.39, 0.29) is 6.42 Å². The van der Waals surface area contributed by atoms with Gasteiger partial charge in [0.1, 0.15) is 6.54 Å². The second-order valence-electron chi connectivity index (χ2n) is 11.0. The predicted octanol–water partition coefficient (Wildman–Crippen LogP) is 7.30. The van der Waals surface area contributed by atoms with Gasteiger partial charge in [-0.15, -0.1) is 0 Å². The van der Waals surface area contributed by atoms with Gasteiger partial charge in [0.05, 0.1) is 22.0 Å². The molecule has 248 valence electrons. The van der Waals surface area contributed by atoms with E-state index in [1.54, 1.807) is 18.2 Å². The smallest absolute Gasteiger partial charge is 0.345 e. The summed E-state index contributed by atoms with van der Waals surface area (Å²) in [5.74, 6) is -12.9. The first-order valence-corrected chi connectivity index (χ1v) is 15.1. The summed E-state index contributed by atoms with van der Waals surface area (Å²) in [6.45, 7) is 0.598. The van der Waals surface area contributed by atoms with Crippen molar-refractivity contribution in [3.63, 3.8) is 0 Å². The number of hydrogen-bond donors (Lipinski definition) is 3. The van der Waals surface area contributed by atoms with E-state index in [1.165, 1.54) is 38.1 Å². The molecule has 46 heavy (non-hydrogen) atoms. The molecule has 0 fully saturated rings. The SMILES string of the molecule is CC(C)[C@H](NC(=O)[C@@H](c1ccc(Cl)cc1)C(N)CC(c1ccccc1)c1ccc(Cl)c(Cl)c1)C(=O)C(F)(F)C(=O)NCC(F)(F)F. The van der Waals surface area contributed by atoms with Crippen LogP contribution in [-0.4, -0.2) is 48.3 Å². The van der Waals surface area contributed by atoms with Crippen molar-refractivity contribution in [3.05, 3.63) is 105 Å². The maximum absolute atomic E-state index is 14.8. The van der Waals surface area contributed by atoms with Gasteiger partial charge in [-0.2, -0.15) is 22.0 Å². The number of halogens is 8. The summed E-state index contributed by atoms with van der Waals surface area (Å²) in [5.41, 5.74) is 8.62. The number of nitrogens with one attached hydrogen (secondary N) is 2. The van der Waals surface area contributed by atoms with Crippen molar-refractivity contribution in [1.29, 1.82) is 0 Å². The number of rotatable bonds is 13. The normalized spacial score (nSPS) is 14.7. The average Bonchev–Trinajstić information content (AvgIpc) is 2.99. The van der Waals surface area contributed by atoms with Crippen LogP contribution in [0.2, 0.25) is 15.1 Å². The molecule has 4 atom stereocenters. The molecule has 3 aromatic rings. The van der Waals surface area contributed by atoms with Crippen LogP contribution in [0.15, 0.2) is 72.8 Å². The molecule has 0 bridgehead atoms. The predicted molar refractivity (Wildman–Crippen MR) is 167 cm³/mol. The van der Waals surface area contributed by atoms with Gasteiger partial charge < -0.3 is 16.4 Å². The van der Waals surface area contributed by atoms with Crippen LogP contribution in [-0.2, 0) is 14.4 Å². The van der Waals surface area contributed by atoms with Crippen LogP contribution < -0.4 is 16.4 Å².